The van der Waals surface area contributed by atoms with Gasteiger partial charge in [-0.15, -0.1) is 11.3 Å². The predicted molar refractivity (Wildman–Crippen MR) is 344 cm³/mol. The number of furan rings is 1. The van der Waals surface area contributed by atoms with Crippen molar-refractivity contribution >= 4 is 118 Å². The van der Waals surface area contributed by atoms with Crippen LogP contribution in [0.5, 0.6) is 0 Å². The van der Waals surface area contributed by atoms with E-state index in [4.69, 9.17) is 4.42 Å². The fraction of sp³-hybridized carbons (Fsp3) is 0. The zero-order valence-corrected chi connectivity index (χ0v) is 44.2. The maximum atomic E-state index is 6.71. The van der Waals surface area contributed by atoms with E-state index in [0.717, 1.165) is 27.5 Å². The summed E-state index contributed by atoms with van der Waals surface area (Å²) in [6.45, 7) is 0. The average Bonchev–Trinajstić information content (AvgIpc) is 4.22. The van der Waals surface area contributed by atoms with Gasteiger partial charge in [0.05, 0.1) is 0 Å². The Balaban J connectivity index is 0.823. The maximum Gasteiger partial charge on any atom is 0.143 e. The van der Waals surface area contributed by atoms with E-state index >= 15 is 0 Å². The van der Waals surface area contributed by atoms with Gasteiger partial charge in [0, 0.05) is 47.6 Å². The van der Waals surface area contributed by atoms with Gasteiger partial charge >= 0.3 is 0 Å². The molecule has 0 fully saturated rings. The molecule has 0 bridgehead atoms. The fourth-order valence-electron chi connectivity index (χ4n) is 13.6. The monoisotopic (exact) mass is 1030 g/mol. The second kappa shape index (κ2) is 17.7. The number of para-hydroxylation sites is 2. The van der Waals surface area contributed by atoms with Gasteiger partial charge < -0.3 is 4.42 Å². The third-order valence-corrected chi connectivity index (χ3v) is 18.3. The van der Waals surface area contributed by atoms with Gasteiger partial charge in [-0.05, 0) is 139 Å². The Morgan fingerprint density at radius 3 is 1.29 bits per heavy atom. The molecule has 15 aromatic carbocycles. The molecule has 80 heavy (non-hydrogen) atoms. The van der Waals surface area contributed by atoms with Crippen molar-refractivity contribution < 1.29 is 4.42 Å². The van der Waals surface area contributed by atoms with E-state index in [9.17, 15) is 0 Å². The topological polar surface area (TPSA) is 13.1 Å². The number of hydrogen-bond acceptors (Lipinski definition) is 2. The molecule has 0 radical (unpaired) electrons. The summed E-state index contributed by atoms with van der Waals surface area (Å²) in [6.07, 6.45) is 0. The summed E-state index contributed by atoms with van der Waals surface area (Å²) < 4.78 is 9.29. The predicted octanol–water partition coefficient (Wildman–Crippen LogP) is 22.9. The molecule has 17 rings (SSSR count). The quantitative estimate of drug-likeness (QED) is 0.151. The van der Waals surface area contributed by atoms with Gasteiger partial charge in [-0.2, -0.15) is 0 Å². The molecule has 2 heteroatoms. The molecular formula is C78H46OS. The average molecular weight is 1030 g/mol. The Labute approximate surface area is 465 Å². The molecule has 0 N–H and O–H groups in total. The molecule has 0 saturated heterocycles. The molecule has 0 spiro atoms. The van der Waals surface area contributed by atoms with Crippen LogP contribution in [0.25, 0.3) is 174 Å². The van der Waals surface area contributed by atoms with E-state index in [-0.39, 0.29) is 0 Å². The highest BCUT2D eigenvalue weighted by molar-refractivity contribution is 7.26. The van der Waals surface area contributed by atoms with Crippen molar-refractivity contribution in [3.63, 3.8) is 0 Å². The third kappa shape index (κ3) is 6.70. The lowest BCUT2D eigenvalue weighted by Crippen LogP contribution is -1.93. The van der Waals surface area contributed by atoms with E-state index in [1.165, 1.54) is 146 Å². The summed E-state index contributed by atoms with van der Waals surface area (Å²) in [5.74, 6) is 0. The molecule has 370 valence electrons. The van der Waals surface area contributed by atoms with Gasteiger partial charge in [-0.1, -0.05) is 255 Å². The molecule has 2 aromatic heterocycles. The highest BCUT2D eigenvalue weighted by Crippen LogP contribution is 2.52. The van der Waals surface area contributed by atoms with Crippen LogP contribution in [-0.2, 0) is 0 Å². The van der Waals surface area contributed by atoms with E-state index in [2.05, 4.69) is 279 Å². The largest absolute Gasteiger partial charge is 0.455 e. The van der Waals surface area contributed by atoms with Crippen LogP contribution < -0.4 is 0 Å². The van der Waals surface area contributed by atoms with Gasteiger partial charge in [0.2, 0.25) is 0 Å². The summed E-state index contributed by atoms with van der Waals surface area (Å²) in [6, 6.07) is 103. The first-order chi connectivity index (χ1) is 39.7. The summed E-state index contributed by atoms with van der Waals surface area (Å²) >= 11 is 1.91. The molecule has 17 aromatic rings. The summed E-state index contributed by atoms with van der Waals surface area (Å²) in [7, 11) is 0. The van der Waals surface area contributed by atoms with E-state index in [0.29, 0.717) is 0 Å². The van der Waals surface area contributed by atoms with Crippen molar-refractivity contribution in [2.45, 2.75) is 0 Å². The lowest BCUT2D eigenvalue weighted by atomic mass is 9.83. The first-order valence-corrected chi connectivity index (χ1v) is 28.4. The molecule has 0 amide bonds. The van der Waals surface area contributed by atoms with Crippen molar-refractivity contribution in [1.82, 2.24) is 0 Å². The Hall–Kier alpha value is -10.1. The minimum absolute atomic E-state index is 0.905. The Bertz CT molecular complexity index is 5330. The summed E-state index contributed by atoms with van der Waals surface area (Å²) in [4.78, 5) is 0. The standard InChI is InChI=1S/C78H46OS/c1-2-20-48-45-49(42-41-47(48)19-1)52-21-3-4-23-56(52)73-60-26-7-11-30-64(60)76(65-31-12-8-27-61(65)73)69-39-18-37-67-70-46-50(43-44-72(70)80-78(67)69)51-32-15-34-54-53(51)33-16-35-57(54)74-58-24-5-9-28-62(58)75(63-29-10-6-25-59(63)74)68-38-17-36-66-55-22-13-14-40-71(55)79-77(66)68/h1-46H. The Morgan fingerprint density at radius 2 is 0.637 bits per heavy atom. The summed E-state index contributed by atoms with van der Waals surface area (Å²) in [5.41, 5.74) is 16.5. The van der Waals surface area contributed by atoms with Gasteiger partial charge in [0.15, 0.2) is 0 Å². The molecule has 1 nitrogen and oxygen atoms in total. The van der Waals surface area contributed by atoms with Crippen molar-refractivity contribution in [1.29, 1.82) is 0 Å². The van der Waals surface area contributed by atoms with Crippen LogP contribution in [0, 0.1) is 0 Å². The van der Waals surface area contributed by atoms with Gasteiger partial charge in [0.25, 0.3) is 0 Å². The van der Waals surface area contributed by atoms with Crippen molar-refractivity contribution in [2.24, 2.45) is 0 Å². The van der Waals surface area contributed by atoms with E-state index < -0.39 is 0 Å². The molecular weight excluding hydrogens is 985 g/mol. The van der Waals surface area contributed by atoms with Gasteiger partial charge in [-0.25, -0.2) is 0 Å². The SMILES string of the molecule is c1ccc(-c2c3ccccc3c(-c3cccc4c3sc3ccc(-c5cccc6c(-c7c8ccccc8c(-c8cccc9c8oc8ccccc89)c8ccccc78)cccc56)cc34)c3ccccc23)c(-c2ccc3ccccc3c2)c1. The van der Waals surface area contributed by atoms with Crippen LogP contribution in [0.1, 0.15) is 0 Å². The molecule has 0 aliphatic rings. The second-order valence-electron chi connectivity index (χ2n) is 21.3. The van der Waals surface area contributed by atoms with Crippen molar-refractivity contribution in [3.05, 3.63) is 279 Å². The van der Waals surface area contributed by atoms with Crippen LogP contribution in [0.2, 0.25) is 0 Å². The van der Waals surface area contributed by atoms with Crippen molar-refractivity contribution in [3.8, 4) is 66.8 Å². The lowest BCUT2D eigenvalue weighted by molar-refractivity contribution is 0.670. The fourth-order valence-corrected chi connectivity index (χ4v) is 14.8. The number of hydrogen-bond donors (Lipinski definition) is 0. The summed E-state index contributed by atoms with van der Waals surface area (Å²) in [5, 5.41) is 19.6. The molecule has 0 aliphatic heterocycles. The molecule has 0 aliphatic carbocycles. The first kappa shape index (κ1) is 45.0. The lowest BCUT2D eigenvalue weighted by Gasteiger charge is -2.20. The molecule has 0 unspecified atom stereocenters. The normalized spacial score (nSPS) is 12.0. The Kier molecular flexibility index (Phi) is 9.95. The Morgan fingerprint density at radius 1 is 0.225 bits per heavy atom. The molecule has 2 heterocycles. The minimum atomic E-state index is 0.905. The van der Waals surface area contributed by atoms with E-state index in [1.807, 2.05) is 11.3 Å². The molecule has 0 saturated carbocycles. The van der Waals surface area contributed by atoms with Crippen LogP contribution >= 0.6 is 11.3 Å². The van der Waals surface area contributed by atoms with Crippen LogP contribution in [-0.4, -0.2) is 0 Å². The second-order valence-corrected chi connectivity index (χ2v) is 22.3. The number of thiophene rings is 1. The highest BCUT2D eigenvalue weighted by atomic mass is 32.1. The maximum absolute atomic E-state index is 6.71. The zero-order valence-electron chi connectivity index (χ0n) is 43.4. The van der Waals surface area contributed by atoms with E-state index in [1.54, 1.807) is 0 Å². The van der Waals surface area contributed by atoms with Gasteiger partial charge in [-0.3, -0.25) is 0 Å². The first-order valence-electron chi connectivity index (χ1n) is 27.6. The minimum Gasteiger partial charge on any atom is -0.455 e. The smallest absolute Gasteiger partial charge is 0.143 e. The zero-order chi connectivity index (χ0) is 52.4. The molecule has 0 atom stereocenters. The number of rotatable bonds is 6. The van der Waals surface area contributed by atoms with Crippen LogP contribution in [0.4, 0.5) is 0 Å². The third-order valence-electron chi connectivity index (χ3n) is 17.1. The number of fused-ring (bicyclic) bond motifs is 12. The van der Waals surface area contributed by atoms with Gasteiger partial charge in [0.1, 0.15) is 11.2 Å². The highest BCUT2D eigenvalue weighted by Gasteiger charge is 2.24. The number of benzene rings is 15. The van der Waals surface area contributed by atoms with Crippen LogP contribution in [0.15, 0.2) is 283 Å². The van der Waals surface area contributed by atoms with Crippen molar-refractivity contribution in [2.75, 3.05) is 0 Å². The van der Waals surface area contributed by atoms with Crippen LogP contribution in [0.3, 0.4) is 0 Å².